The van der Waals surface area contributed by atoms with Gasteiger partial charge in [-0.3, -0.25) is 9.69 Å². The van der Waals surface area contributed by atoms with Gasteiger partial charge in [0, 0.05) is 34.1 Å². The van der Waals surface area contributed by atoms with E-state index in [1.54, 1.807) is 0 Å². The van der Waals surface area contributed by atoms with Gasteiger partial charge < -0.3 is 5.32 Å². The molecule has 3 aliphatic rings. The molecule has 168 valence electrons. The maximum absolute atomic E-state index is 13.4. The summed E-state index contributed by atoms with van der Waals surface area (Å²) in [4.78, 5) is 26.1. The fraction of sp³-hybridized carbons (Fsp3) is 0.370. The smallest absolute Gasteiger partial charge is 0.239 e. The molecule has 3 aromatic rings. The number of thioether (sulfide) groups is 1. The highest BCUT2D eigenvalue weighted by molar-refractivity contribution is 7.98. The van der Waals surface area contributed by atoms with Crippen molar-refractivity contribution in [2.45, 2.75) is 61.1 Å². The molecule has 1 aliphatic heterocycles. The summed E-state index contributed by atoms with van der Waals surface area (Å²) in [6, 6.07) is 19.1. The van der Waals surface area contributed by atoms with Crippen LogP contribution >= 0.6 is 11.8 Å². The Bertz CT molecular complexity index is 1180. The molecule has 2 saturated carbocycles. The minimum absolute atomic E-state index is 0.252. The fourth-order valence-corrected chi connectivity index (χ4v) is 6.18. The zero-order chi connectivity index (χ0) is 22.4. The van der Waals surface area contributed by atoms with Crippen LogP contribution < -0.4 is 10.2 Å². The average Bonchev–Trinajstić information content (AvgIpc) is 3.49. The number of hydrogen-bond donors (Lipinski definition) is 1. The topological polar surface area (TPSA) is 58.1 Å². The van der Waals surface area contributed by atoms with E-state index in [1.807, 2.05) is 28.9 Å². The van der Waals surface area contributed by atoms with Crippen molar-refractivity contribution in [3.63, 3.8) is 0 Å². The number of rotatable bonds is 6. The number of carbonyl (C=O) groups excluding carboxylic acids is 1. The highest BCUT2D eigenvalue weighted by Crippen LogP contribution is 2.58. The molecule has 33 heavy (non-hydrogen) atoms. The van der Waals surface area contributed by atoms with Gasteiger partial charge >= 0.3 is 0 Å². The highest BCUT2D eigenvalue weighted by Gasteiger charge is 2.61. The van der Waals surface area contributed by atoms with E-state index in [0.717, 1.165) is 42.1 Å². The number of nitrogens with zero attached hydrogens (tertiary/aromatic N) is 3. The Balaban J connectivity index is 1.20. The van der Waals surface area contributed by atoms with Crippen LogP contribution in [0.1, 0.15) is 50.2 Å². The Labute approximate surface area is 199 Å². The summed E-state index contributed by atoms with van der Waals surface area (Å²) in [6.45, 7) is 2.26. The molecule has 0 saturated heterocycles. The van der Waals surface area contributed by atoms with E-state index < -0.39 is 0 Å². The first-order valence-corrected chi connectivity index (χ1v) is 12.9. The second-order valence-corrected chi connectivity index (χ2v) is 10.6. The number of anilines is 3. The van der Waals surface area contributed by atoms with Gasteiger partial charge in [-0.2, -0.15) is 4.98 Å². The van der Waals surface area contributed by atoms with E-state index in [-0.39, 0.29) is 17.4 Å². The van der Waals surface area contributed by atoms with Gasteiger partial charge in [0.05, 0.1) is 5.41 Å². The third-order valence-electron chi connectivity index (χ3n) is 7.40. The zero-order valence-electron chi connectivity index (χ0n) is 18.8. The van der Waals surface area contributed by atoms with Gasteiger partial charge in [0.1, 0.15) is 5.82 Å². The molecule has 2 unspecified atom stereocenters. The van der Waals surface area contributed by atoms with Crippen LogP contribution in [-0.2, 0) is 16.0 Å². The fourth-order valence-electron chi connectivity index (χ4n) is 5.33. The normalized spacial score (nSPS) is 22.6. The van der Waals surface area contributed by atoms with Crippen LogP contribution in [0.5, 0.6) is 0 Å². The van der Waals surface area contributed by atoms with Gasteiger partial charge in [0.15, 0.2) is 0 Å². The van der Waals surface area contributed by atoms with Crippen LogP contribution in [-0.4, -0.2) is 21.9 Å². The standard InChI is InChI=1S/C27H28N4OS/c1-18-6-5-9-23(18)31-24-22(27(14-15-27)25(31)32)16-28-26(30-24)29-20-10-12-21(13-11-20)33-17-19-7-3-2-4-8-19/h2-4,7-8,10-13,16,18,23H,5-6,9,14-15,17H2,1H3,(H,28,29,30). The van der Waals surface area contributed by atoms with Crippen molar-refractivity contribution in [2.24, 2.45) is 5.92 Å². The number of carbonyl (C=O) groups is 1. The second-order valence-electron chi connectivity index (χ2n) is 9.59. The molecule has 1 amide bonds. The molecular formula is C27H28N4OS. The highest BCUT2D eigenvalue weighted by atomic mass is 32.2. The Morgan fingerprint density at radius 1 is 1.09 bits per heavy atom. The van der Waals surface area contributed by atoms with E-state index in [1.165, 1.54) is 23.3 Å². The van der Waals surface area contributed by atoms with Crippen LogP contribution in [0.15, 0.2) is 65.7 Å². The van der Waals surface area contributed by atoms with E-state index in [2.05, 4.69) is 65.8 Å². The maximum atomic E-state index is 13.4. The van der Waals surface area contributed by atoms with Crippen molar-refractivity contribution < 1.29 is 4.79 Å². The van der Waals surface area contributed by atoms with E-state index in [9.17, 15) is 4.79 Å². The molecular weight excluding hydrogens is 428 g/mol. The van der Waals surface area contributed by atoms with Crippen molar-refractivity contribution >= 4 is 35.1 Å². The lowest BCUT2D eigenvalue weighted by atomic mass is 10.0. The van der Waals surface area contributed by atoms with Gasteiger partial charge in [0.25, 0.3) is 0 Å². The minimum atomic E-state index is -0.339. The summed E-state index contributed by atoms with van der Waals surface area (Å²) >= 11 is 1.82. The lowest BCUT2D eigenvalue weighted by molar-refractivity contribution is -0.120. The molecule has 0 radical (unpaired) electrons. The Morgan fingerprint density at radius 2 is 1.88 bits per heavy atom. The maximum Gasteiger partial charge on any atom is 0.239 e. The zero-order valence-corrected chi connectivity index (χ0v) is 19.6. The summed E-state index contributed by atoms with van der Waals surface area (Å²) < 4.78 is 0. The lowest BCUT2D eigenvalue weighted by Crippen LogP contribution is -2.42. The second kappa shape index (κ2) is 8.17. The quantitative estimate of drug-likeness (QED) is 0.456. The number of benzene rings is 2. The summed E-state index contributed by atoms with van der Waals surface area (Å²) in [5.74, 6) is 3.11. The van der Waals surface area contributed by atoms with Crippen molar-refractivity contribution in [2.75, 3.05) is 10.2 Å². The largest absolute Gasteiger partial charge is 0.324 e. The summed E-state index contributed by atoms with van der Waals surface area (Å²) in [7, 11) is 0. The molecule has 6 rings (SSSR count). The summed E-state index contributed by atoms with van der Waals surface area (Å²) in [6.07, 6.45) is 7.17. The summed E-state index contributed by atoms with van der Waals surface area (Å²) in [5.41, 5.74) is 2.96. The minimum Gasteiger partial charge on any atom is -0.324 e. The molecule has 5 nitrogen and oxygen atoms in total. The van der Waals surface area contributed by atoms with Gasteiger partial charge in [-0.15, -0.1) is 11.8 Å². The van der Waals surface area contributed by atoms with Crippen LogP contribution in [0.2, 0.25) is 0 Å². The third kappa shape index (κ3) is 3.70. The van der Waals surface area contributed by atoms with E-state index in [4.69, 9.17) is 4.98 Å². The van der Waals surface area contributed by atoms with Crippen molar-refractivity contribution in [3.05, 3.63) is 71.9 Å². The van der Waals surface area contributed by atoms with Crippen LogP contribution in [0.4, 0.5) is 17.5 Å². The first-order chi connectivity index (χ1) is 16.1. The van der Waals surface area contributed by atoms with E-state index >= 15 is 0 Å². The first-order valence-electron chi connectivity index (χ1n) is 11.9. The van der Waals surface area contributed by atoms with E-state index in [0.29, 0.717) is 11.9 Å². The monoisotopic (exact) mass is 456 g/mol. The molecule has 1 spiro atoms. The summed E-state index contributed by atoms with van der Waals surface area (Å²) in [5, 5.41) is 3.35. The van der Waals surface area contributed by atoms with Crippen LogP contribution in [0, 0.1) is 5.92 Å². The first kappa shape index (κ1) is 20.7. The predicted octanol–water partition coefficient (Wildman–Crippen LogP) is 6.08. The molecule has 2 aliphatic carbocycles. The Hall–Kier alpha value is -2.86. The number of amides is 1. The van der Waals surface area contributed by atoms with Crippen molar-refractivity contribution in [1.82, 2.24) is 9.97 Å². The Morgan fingerprint density at radius 3 is 2.58 bits per heavy atom. The van der Waals surface area contributed by atoms with Crippen LogP contribution in [0.25, 0.3) is 0 Å². The molecule has 0 bridgehead atoms. The molecule has 2 atom stereocenters. The number of fused-ring (bicyclic) bond motifs is 2. The van der Waals surface area contributed by atoms with Gasteiger partial charge in [-0.1, -0.05) is 43.7 Å². The van der Waals surface area contributed by atoms with Crippen molar-refractivity contribution in [1.29, 1.82) is 0 Å². The Kier molecular flexibility index (Phi) is 5.13. The molecule has 2 fully saturated rings. The number of nitrogens with one attached hydrogen (secondary N) is 1. The number of hydrogen-bond acceptors (Lipinski definition) is 5. The molecule has 2 heterocycles. The molecule has 6 heteroatoms. The van der Waals surface area contributed by atoms with Crippen LogP contribution in [0.3, 0.4) is 0 Å². The SMILES string of the molecule is CC1CCCC1N1C(=O)C2(CC2)c2cnc(Nc3ccc(SCc4ccccc4)cc3)nc21. The van der Waals surface area contributed by atoms with Crippen molar-refractivity contribution in [3.8, 4) is 0 Å². The number of aromatic nitrogens is 2. The molecule has 1 N–H and O–H groups in total. The predicted molar refractivity (Wildman–Crippen MR) is 133 cm³/mol. The molecule has 2 aromatic carbocycles. The van der Waals surface area contributed by atoms with Gasteiger partial charge in [0.2, 0.25) is 11.9 Å². The third-order valence-corrected chi connectivity index (χ3v) is 8.48. The lowest BCUT2D eigenvalue weighted by Gasteiger charge is -2.28. The molecule has 1 aromatic heterocycles. The average molecular weight is 457 g/mol. The van der Waals surface area contributed by atoms with Gasteiger partial charge in [-0.05, 0) is 61.4 Å². The van der Waals surface area contributed by atoms with Gasteiger partial charge in [-0.25, -0.2) is 4.98 Å².